The van der Waals surface area contributed by atoms with Crippen molar-refractivity contribution in [2.24, 2.45) is 16.9 Å². The van der Waals surface area contributed by atoms with Crippen LogP contribution in [0.2, 0.25) is 0 Å². The fourth-order valence-electron chi connectivity index (χ4n) is 7.35. The molecule has 0 aliphatic heterocycles. The monoisotopic (exact) mass is 988 g/mol. The first-order valence-electron chi connectivity index (χ1n) is 21.9. The maximum absolute atomic E-state index is 15.1. The van der Waals surface area contributed by atoms with Crippen LogP contribution in [0.5, 0.6) is 0 Å². The molecule has 69 heavy (non-hydrogen) atoms. The van der Waals surface area contributed by atoms with Gasteiger partial charge in [-0.25, -0.2) is 8.78 Å². The Morgan fingerprint density at radius 1 is 0.797 bits per heavy atom. The van der Waals surface area contributed by atoms with E-state index in [1.165, 1.54) is 11.8 Å². The number of nitrogens with one attached hydrogen (secondary N) is 4. The lowest BCUT2D eigenvalue weighted by Crippen LogP contribution is -2.51. The summed E-state index contributed by atoms with van der Waals surface area (Å²) < 4.78 is 30.0. The second-order valence-corrected chi connectivity index (χ2v) is 19.3. The van der Waals surface area contributed by atoms with E-state index in [2.05, 4.69) is 21.3 Å². The van der Waals surface area contributed by atoms with Crippen molar-refractivity contribution < 1.29 is 67.6 Å². The zero-order valence-corrected chi connectivity index (χ0v) is 39.7. The first-order chi connectivity index (χ1) is 32.3. The highest BCUT2D eigenvalue weighted by atomic mass is 32.2. The topological polar surface area (TPSA) is 326 Å². The molecule has 0 saturated heterocycles. The number of aliphatic hydroxyl groups excluding tert-OH is 1. The number of carboxylic acids is 3. The molecule has 0 fully saturated rings. The van der Waals surface area contributed by atoms with Crippen LogP contribution in [0.4, 0.5) is 8.78 Å². The molecule has 1 aromatic heterocycles. The molecule has 0 radical (unpaired) electrons. The summed E-state index contributed by atoms with van der Waals surface area (Å²) in [5.74, 6) is -9.19. The van der Waals surface area contributed by atoms with Crippen LogP contribution in [-0.2, 0) is 44.9 Å². The zero-order valence-electron chi connectivity index (χ0n) is 38.8. The van der Waals surface area contributed by atoms with Gasteiger partial charge in [-0.1, -0.05) is 51.1 Å². The minimum atomic E-state index is -1.39. The van der Waals surface area contributed by atoms with Crippen molar-refractivity contribution >= 4 is 59.2 Å². The molecule has 0 spiro atoms. The second-order valence-electron chi connectivity index (χ2n) is 17.7. The van der Waals surface area contributed by atoms with Crippen molar-refractivity contribution in [2.75, 3.05) is 38.5 Å². The van der Waals surface area contributed by atoms with E-state index in [0.717, 1.165) is 35.5 Å². The van der Waals surface area contributed by atoms with Crippen molar-refractivity contribution in [3.63, 3.8) is 0 Å². The van der Waals surface area contributed by atoms with Gasteiger partial charge in [-0.3, -0.25) is 38.4 Å². The minimum absolute atomic E-state index is 0.00285. The summed E-state index contributed by atoms with van der Waals surface area (Å²) in [7, 11) is 0. The summed E-state index contributed by atoms with van der Waals surface area (Å²) in [6, 6.07) is 9.39. The SMILES string of the molecule is CC(CC(=O)O)(CC(=O)NCC(=O)N[C@H](CCC(=O)O)C(=O)NCCNC(=O)[C@@H](N)CCN(C(=O)CO)C(c1cc(-c2cc(F)ccc2F)cn1Cc1ccccc1)C(C)(C)C)SC[C@H](N)C(=O)O. The summed E-state index contributed by atoms with van der Waals surface area (Å²) in [5.41, 5.74) is 12.8. The van der Waals surface area contributed by atoms with Gasteiger partial charge in [-0.15, -0.1) is 0 Å². The largest absolute Gasteiger partial charge is 0.481 e. The third kappa shape index (κ3) is 18.5. The number of nitrogens with two attached hydrogens (primary N) is 2. The molecule has 0 aliphatic carbocycles. The number of benzene rings is 2. The summed E-state index contributed by atoms with van der Waals surface area (Å²) in [6.45, 7) is 5.24. The molecule has 3 aromatic rings. The normalized spacial score (nSPS) is 14.0. The fourth-order valence-corrected chi connectivity index (χ4v) is 8.53. The Hall–Kier alpha value is -6.43. The van der Waals surface area contributed by atoms with Gasteiger partial charge < -0.3 is 62.6 Å². The van der Waals surface area contributed by atoms with Crippen molar-refractivity contribution in [3.8, 4) is 11.1 Å². The first-order valence-corrected chi connectivity index (χ1v) is 22.8. The number of hydrogen-bond acceptors (Lipinski definition) is 12. The van der Waals surface area contributed by atoms with Gasteiger partial charge in [0.2, 0.25) is 29.5 Å². The highest BCUT2D eigenvalue weighted by molar-refractivity contribution is 8.00. The maximum atomic E-state index is 15.1. The van der Waals surface area contributed by atoms with Crippen LogP contribution >= 0.6 is 11.8 Å². The van der Waals surface area contributed by atoms with E-state index in [0.29, 0.717) is 11.3 Å². The highest BCUT2D eigenvalue weighted by Gasteiger charge is 2.38. The minimum Gasteiger partial charge on any atom is -0.481 e. The Labute approximate surface area is 401 Å². The van der Waals surface area contributed by atoms with Crippen LogP contribution in [0.3, 0.4) is 0 Å². The number of rotatable bonds is 28. The average molecular weight is 989 g/mol. The summed E-state index contributed by atoms with van der Waals surface area (Å²) in [6.07, 6.45) is -0.292. The smallest absolute Gasteiger partial charge is 0.321 e. The number of thioether (sulfide) groups is 1. The van der Waals surface area contributed by atoms with E-state index >= 15 is 4.39 Å². The number of carbonyl (C=O) groups is 8. The molecule has 0 saturated carbocycles. The number of aromatic nitrogens is 1. The van der Waals surface area contributed by atoms with Crippen molar-refractivity contribution in [1.82, 2.24) is 30.7 Å². The molecule has 2 aromatic carbocycles. The predicted octanol–water partition coefficient (Wildman–Crippen LogP) is 1.57. The van der Waals surface area contributed by atoms with Gasteiger partial charge in [0.1, 0.15) is 30.3 Å². The number of carboxylic acid groups (broad SMARTS) is 3. The Balaban J connectivity index is 1.66. The molecule has 1 heterocycles. The van der Waals surface area contributed by atoms with E-state index in [1.54, 1.807) is 12.3 Å². The Kier molecular flexibility index (Phi) is 21.7. The molecule has 378 valence electrons. The molecule has 23 heteroatoms. The molecular weight excluding hydrogens is 927 g/mol. The van der Waals surface area contributed by atoms with Crippen LogP contribution in [-0.4, -0.2) is 139 Å². The van der Waals surface area contributed by atoms with Gasteiger partial charge in [0.25, 0.3) is 0 Å². The summed E-state index contributed by atoms with van der Waals surface area (Å²) in [4.78, 5) is 101. The molecular formula is C46H62F2N8O12S. The van der Waals surface area contributed by atoms with Crippen LogP contribution in [0.1, 0.15) is 77.1 Å². The van der Waals surface area contributed by atoms with E-state index in [4.69, 9.17) is 16.6 Å². The Bertz CT molecular complexity index is 2300. The maximum Gasteiger partial charge on any atom is 0.321 e. The van der Waals surface area contributed by atoms with E-state index in [-0.39, 0.29) is 50.3 Å². The van der Waals surface area contributed by atoms with Crippen LogP contribution < -0.4 is 32.7 Å². The third-order valence-electron chi connectivity index (χ3n) is 10.7. The van der Waals surface area contributed by atoms with Gasteiger partial charge in [-0.05, 0) is 55.0 Å². The Morgan fingerprint density at radius 2 is 1.45 bits per heavy atom. The van der Waals surface area contributed by atoms with E-state index in [9.17, 15) is 58.1 Å². The quantitative estimate of drug-likeness (QED) is 0.0462. The molecule has 5 atom stereocenters. The lowest BCUT2D eigenvalue weighted by Gasteiger charge is -2.41. The highest BCUT2D eigenvalue weighted by Crippen LogP contribution is 2.41. The van der Waals surface area contributed by atoms with Crippen LogP contribution in [0, 0.1) is 17.0 Å². The zero-order chi connectivity index (χ0) is 51.6. The van der Waals surface area contributed by atoms with Crippen molar-refractivity contribution in [1.29, 1.82) is 0 Å². The fraction of sp³-hybridized carbons (Fsp3) is 0.478. The molecule has 20 nitrogen and oxygen atoms in total. The number of halogens is 2. The van der Waals surface area contributed by atoms with Gasteiger partial charge in [0, 0.05) is 72.5 Å². The number of amides is 5. The number of aliphatic carboxylic acids is 3. The predicted molar refractivity (Wildman–Crippen MR) is 250 cm³/mol. The molecule has 2 unspecified atom stereocenters. The van der Waals surface area contributed by atoms with Crippen molar-refractivity contribution in [2.45, 2.75) is 95.3 Å². The van der Waals surface area contributed by atoms with Crippen LogP contribution in [0.25, 0.3) is 11.1 Å². The number of carbonyl (C=O) groups excluding carboxylic acids is 5. The summed E-state index contributed by atoms with van der Waals surface area (Å²) in [5, 5.41) is 47.5. The third-order valence-corrected chi connectivity index (χ3v) is 12.2. The van der Waals surface area contributed by atoms with Gasteiger partial charge in [0.05, 0.1) is 25.0 Å². The molecule has 5 amide bonds. The second kappa shape index (κ2) is 26.4. The van der Waals surface area contributed by atoms with Crippen LogP contribution in [0.15, 0.2) is 60.8 Å². The van der Waals surface area contributed by atoms with E-state index < -0.39 is 126 Å². The lowest BCUT2D eigenvalue weighted by atomic mass is 9.82. The van der Waals surface area contributed by atoms with Gasteiger partial charge >= 0.3 is 17.9 Å². The Morgan fingerprint density at radius 3 is 2.04 bits per heavy atom. The van der Waals surface area contributed by atoms with Crippen molar-refractivity contribution in [3.05, 3.63) is 83.7 Å². The molecule has 0 aliphatic rings. The lowest BCUT2D eigenvalue weighted by molar-refractivity contribution is -0.140. The first kappa shape index (κ1) is 56.9. The van der Waals surface area contributed by atoms with E-state index in [1.807, 2.05) is 55.7 Å². The summed E-state index contributed by atoms with van der Waals surface area (Å²) >= 11 is 0.864. The average Bonchev–Trinajstić information content (AvgIpc) is 3.67. The van der Waals surface area contributed by atoms with Gasteiger partial charge in [0.15, 0.2) is 0 Å². The number of nitrogens with zero attached hydrogens (tertiary/aromatic N) is 2. The molecule has 12 N–H and O–H groups in total. The molecule has 3 rings (SSSR count). The molecule has 0 bridgehead atoms. The van der Waals surface area contributed by atoms with Gasteiger partial charge in [-0.2, -0.15) is 11.8 Å². The number of hydrogen-bond donors (Lipinski definition) is 10. The standard InChI is InChI=1S/C46H62F2N8O12S/c1-45(2,3)41(35-18-28(30-19-29(47)10-11-31(30)48)24-55(35)23-27-8-6-5-7-9-27)56(38(60)25-57)17-14-32(49)42(65)51-15-16-52-43(66)34(12-13-39(61)62)54-37(59)22-53-36(58)20-46(4,21-40(63)64)69-26-33(50)44(67)68/h5-11,18-19,24,32-34,41,57H,12-17,20-23,25-26,49-50H2,1-4H3,(H,51,65)(H,52,66)(H,53,58)(H,54,59)(H,61,62)(H,63,64)(H,67,68)/t32-,33-,34+,41?,46?/m0/s1. The number of aliphatic hydroxyl groups is 1.